The summed E-state index contributed by atoms with van der Waals surface area (Å²) in [5.74, 6) is 0. The van der Waals surface area contributed by atoms with Crippen molar-refractivity contribution >= 4 is 0 Å². The smallest absolute Gasteiger partial charge is 0.0276 e. The van der Waals surface area contributed by atoms with E-state index in [1.165, 1.54) is 424 Å². The molecule has 0 bridgehead atoms. The Morgan fingerprint density at radius 2 is 0.257 bits per heavy atom. The average Bonchev–Trinajstić information content (AvgIpc) is 3.41. The maximum absolute atomic E-state index is 2.43. The summed E-state index contributed by atoms with van der Waals surface area (Å²) in [7, 11) is 0. The lowest BCUT2D eigenvalue weighted by molar-refractivity contribution is 0.512. The van der Waals surface area contributed by atoms with Gasteiger partial charge in [0, 0.05) is 0 Å². The zero-order valence-electron chi connectivity index (χ0n) is 52.0. The minimum absolute atomic E-state index is 1.30. The van der Waals surface area contributed by atoms with E-state index in [1.54, 1.807) is 11.1 Å². The molecule has 0 fully saturated rings. The highest BCUT2D eigenvalue weighted by atomic mass is 14.1. The fourth-order valence-electron chi connectivity index (χ4n) is 12.4. The molecule has 0 unspecified atom stereocenters. The van der Waals surface area contributed by atoms with Gasteiger partial charge in [-0.2, -0.15) is 0 Å². The molecule has 1 aromatic carbocycles. The Hall–Kier alpha value is -0.780. The van der Waals surface area contributed by atoms with Crippen molar-refractivity contribution in [3.05, 3.63) is 35.4 Å². The maximum Gasteiger partial charge on any atom is -0.0276 e. The van der Waals surface area contributed by atoms with E-state index >= 15 is 0 Å². The lowest BCUT2D eigenvalue weighted by atomic mass is 9.96. The maximum atomic E-state index is 2.43. The lowest BCUT2D eigenvalue weighted by Crippen LogP contribution is -1.95. The van der Waals surface area contributed by atoms with Crippen LogP contribution in [0, 0.1) is 0 Å². The molecule has 0 saturated heterocycles. The van der Waals surface area contributed by atoms with Gasteiger partial charge >= 0.3 is 0 Å². The van der Waals surface area contributed by atoms with Gasteiger partial charge in [0.25, 0.3) is 0 Å². The molecule has 0 spiro atoms. The van der Waals surface area contributed by atoms with E-state index in [0.717, 1.165) is 0 Å². The number of hydrogen-bond donors (Lipinski definition) is 0. The highest BCUT2D eigenvalue weighted by Gasteiger charge is 2.04. The molecule has 0 amide bonds. The normalized spacial score (nSPS) is 11.7. The van der Waals surface area contributed by atoms with Crippen molar-refractivity contribution in [2.45, 2.75) is 438 Å². The SMILES string of the molecule is CCCCCCCCCCCCCCCCCCCCCCCCCCCCCCCCCCc1ccccc1CCCCCCCCCCCCCCCCCCCCCCCCCCCCCCCCCC. The first-order valence-corrected chi connectivity index (χ1v) is 35.9. The highest BCUT2D eigenvalue weighted by molar-refractivity contribution is 5.27. The molecular weight excluding hydrogens is 889 g/mol. The van der Waals surface area contributed by atoms with E-state index in [1.807, 2.05) is 0 Å². The third-order valence-electron chi connectivity index (χ3n) is 17.7. The molecule has 0 aliphatic heterocycles. The van der Waals surface area contributed by atoms with Crippen molar-refractivity contribution in [3.8, 4) is 0 Å². The van der Waals surface area contributed by atoms with Gasteiger partial charge in [0.05, 0.1) is 0 Å². The fourth-order valence-corrected chi connectivity index (χ4v) is 12.4. The largest absolute Gasteiger partial charge is 0.0654 e. The molecule has 74 heavy (non-hydrogen) atoms. The first-order chi connectivity index (χ1) is 36.9. The summed E-state index contributed by atoms with van der Waals surface area (Å²) in [4.78, 5) is 0. The van der Waals surface area contributed by atoms with Crippen LogP contribution in [-0.4, -0.2) is 0 Å². The summed E-state index contributed by atoms with van der Waals surface area (Å²) in [5.41, 5.74) is 3.30. The van der Waals surface area contributed by atoms with Gasteiger partial charge in [0.1, 0.15) is 0 Å². The van der Waals surface area contributed by atoms with Crippen molar-refractivity contribution in [2.24, 2.45) is 0 Å². The van der Waals surface area contributed by atoms with Gasteiger partial charge in [-0.05, 0) is 36.8 Å². The molecule has 0 N–H and O–H groups in total. The average molecular weight is 1030 g/mol. The van der Waals surface area contributed by atoms with Gasteiger partial charge in [-0.3, -0.25) is 0 Å². The second-order valence-corrected chi connectivity index (χ2v) is 25.2. The molecule has 0 aromatic heterocycles. The van der Waals surface area contributed by atoms with Crippen LogP contribution in [0.3, 0.4) is 0 Å². The number of hydrogen-bond acceptors (Lipinski definition) is 0. The third kappa shape index (κ3) is 57.4. The molecule has 0 radical (unpaired) electrons. The minimum Gasteiger partial charge on any atom is -0.0654 e. The second-order valence-electron chi connectivity index (χ2n) is 25.2. The van der Waals surface area contributed by atoms with Crippen LogP contribution >= 0.6 is 0 Å². The molecule has 1 aromatic rings. The summed E-state index contributed by atoms with van der Waals surface area (Å²) in [6.07, 6.45) is 97.0. The molecule has 1 rings (SSSR count). The molecular formula is C74H142. The third-order valence-corrected chi connectivity index (χ3v) is 17.7. The number of unbranched alkanes of at least 4 members (excludes halogenated alkanes) is 62. The second kappa shape index (κ2) is 64.7. The predicted octanol–water partition coefficient (Wildman–Crippen LogP) is 27.8. The van der Waals surface area contributed by atoms with Gasteiger partial charge in [-0.15, -0.1) is 0 Å². The standard InChI is InChI=1S/C74H142/c1-3-5-7-9-11-13-15-17-19-21-23-25-27-29-31-33-35-37-39-41-43-45-47-49-51-53-55-57-59-61-63-65-69-73-71-67-68-72-74(73)70-66-64-62-60-58-56-54-52-50-48-46-44-42-40-38-36-34-32-30-28-26-24-22-20-18-16-14-12-10-8-6-4-2/h67-68,71-72H,3-66,69-70H2,1-2H3. The van der Waals surface area contributed by atoms with Gasteiger partial charge in [-0.1, -0.05) is 436 Å². The van der Waals surface area contributed by atoms with Gasteiger partial charge in [-0.25, -0.2) is 0 Å². The monoisotopic (exact) mass is 1030 g/mol. The minimum atomic E-state index is 1.30. The van der Waals surface area contributed by atoms with E-state index in [2.05, 4.69) is 38.1 Å². The van der Waals surface area contributed by atoms with E-state index < -0.39 is 0 Å². The highest BCUT2D eigenvalue weighted by Crippen LogP contribution is 2.22. The first kappa shape index (κ1) is 71.2. The van der Waals surface area contributed by atoms with Crippen molar-refractivity contribution in [1.29, 1.82) is 0 Å². The summed E-state index contributed by atoms with van der Waals surface area (Å²) < 4.78 is 0. The first-order valence-electron chi connectivity index (χ1n) is 35.9. The molecule has 0 aliphatic rings. The van der Waals surface area contributed by atoms with E-state index in [-0.39, 0.29) is 0 Å². The van der Waals surface area contributed by atoms with Crippen molar-refractivity contribution < 1.29 is 0 Å². The zero-order chi connectivity index (χ0) is 52.7. The number of aryl methyl sites for hydroxylation is 2. The van der Waals surface area contributed by atoms with Crippen molar-refractivity contribution in [2.75, 3.05) is 0 Å². The van der Waals surface area contributed by atoms with Crippen LogP contribution in [0.25, 0.3) is 0 Å². The van der Waals surface area contributed by atoms with E-state index in [4.69, 9.17) is 0 Å². The van der Waals surface area contributed by atoms with Crippen molar-refractivity contribution in [3.63, 3.8) is 0 Å². The molecule has 0 saturated carbocycles. The van der Waals surface area contributed by atoms with Crippen LogP contribution < -0.4 is 0 Å². The predicted molar refractivity (Wildman–Crippen MR) is 341 cm³/mol. The summed E-state index contributed by atoms with van der Waals surface area (Å²) in [6.45, 7) is 4.63. The zero-order valence-corrected chi connectivity index (χ0v) is 52.0. The van der Waals surface area contributed by atoms with Crippen LogP contribution in [0.4, 0.5) is 0 Å². The molecule has 0 aliphatic carbocycles. The van der Waals surface area contributed by atoms with Gasteiger partial charge < -0.3 is 0 Å². The Kier molecular flexibility index (Phi) is 62.3. The van der Waals surface area contributed by atoms with E-state index in [9.17, 15) is 0 Å². The topological polar surface area (TPSA) is 0 Å². The fraction of sp³-hybridized carbons (Fsp3) is 0.919. The summed E-state index contributed by atoms with van der Waals surface area (Å²) in [5, 5.41) is 0. The van der Waals surface area contributed by atoms with Crippen LogP contribution in [0.1, 0.15) is 436 Å². The van der Waals surface area contributed by atoms with Gasteiger partial charge in [0.2, 0.25) is 0 Å². The summed E-state index contributed by atoms with van der Waals surface area (Å²) in [6, 6.07) is 9.43. The van der Waals surface area contributed by atoms with Gasteiger partial charge in [0.15, 0.2) is 0 Å². The van der Waals surface area contributed by atoms with Crippen molar-refractivity contribution in [1.82, 2.24) is 0 Å². The molecule has 0 heterocycles. The number of benzene rings is 1. The Balaban J connectivity index is 1.74. The van der Waals surface area contributed by atoms with Crippen LogP contribution in [0.5, 0.6) is 0 Å². The van der Waals surface area contributed by atoms with Crippen LogP contribution in [0.15, 0.2) is 24.3 Å². The molecule has 0 nitrogen and oxygen atoms in total. The quantitative estimate of drug-likeness (QED) is 0.0571. The molecule has 438 valence electrons. The van der Waals surface area contributed by atoms with Crippen LogP contribution in [0.2, 0.25) is 0 Å². The molecule has 0 atom stereocenters. The lowest BCUT2D eigenvalue weighted by Gasteiger charge is -2.10. The Morgan fingerprint density at radius 1 is 0.149 bits per heavy atom. The summed E-state index contributed by atoms with van der Waals surface area (Å²) >= 11 is 0. The molecule has 0 heteroatoms. The Bertz CT molecular complexity index is 1030. The van der Waals surface area contributed by atoms with Crippen LogP contribution in [-0.2, 0) is 12.8 Å². The number of rotatable bonds is 66. The van der Waals surface area contributed by atoms with E-state index in [0.29, 0.717) is 0 Å². The Morgan fingerprint density at radius 3 is 0.378 bits per heavy atom. The Labute approximate surface area is 470 Å².